The number of benzene rings is 1. The van der Waals surface area contributed by atoms with Gasteiger partial charge in [0.25, 0.3) is 0 Å². The van der Waals surface area contributed by atoms with Gasteiger partial charge < -0.3 is 14.7 Å². The first-order chi connectivity index (χ1) is 9.11. The summed E-state index contributed by atoms with van der Waals surface area (Å²) in [6.07, 6.45) is 2.02. The lowest BCUT2D eigenvalue weighted by Crippen LogP contribution is -2.37. The van der Waals surface area contributed by atoms with Gasteiger partial charge in [-0.1, -0.05) is 22.0 Å². The van der Waals surface area contributed by atoms with Gasteiger partial charge in [-0.3, -0.25) is 0 Å². The van der Waals surface area contributed by atoms with Crippen molar-refractivity contribution in [2.75, 3.05) is 31.7 Å². The Morgan fingerprint density at radius 1 is 1.53 bits per heavy atom. The third-order valence-electron chi connectivity index (χ3n) is 3.72. The molecule has 1 aromatic rings. The third kappa shape index (κ3) is 3.71. The van der Waals surface area contributed by atoms with E-state index in [1.807, 2.05) is 6.07 Å². The van der Waals surface area contributed by atoms with Crippen molar-refractivity contribution >= 4 is 21.6 Å². The van der Waals surface area contributed by atoms with Crippen LogP contribution in [0.3, 0.4) is 0 Å². The number of aliphatic hydroxyl groups is 1. The summed E-state index contributed by atoms with van der Waals surface area (Å²) in [5, 5.41) is 9.66. The molecule has 106 valence electrons. The van der Waals surface area contributed by atoms with Crippen LogP contribution in [0.2, 0.25) is 0 Å². The van der Waals surface area contributed by atoms with E-state index in [1.165, 1.54) is 18.5 Å². The van der Waals surface area contributed by atoms with Crippen molar-refractivity contribution < 1.29 is 9.84 Å². The summed E-state index contributed by atoms with van der Waals surface area (Å²) in [7, 11) is 1.77. The van der Waals surface area contributed by atoms with Crippen molar-refractivity contribution in [2.24, 2.45) is 5.92 Å². The number of hydrogen-bond acceptors (Lipinski definition) is 3. The van der Waals surface area contributed by atoms with Crippen LogP contribution in [0.25, 0.3) is 0 Å². The molecule has 2 atom stereocenters. The molecule has 1 N–H and O–H groups in total. The number of piperidine rings is 1. The highest BCUT2D eigenvalue weighted by Gasteiger charge is 2.20. The molecule has 2 unspecified atom stereocenters. The van der Waals surface area contributed by atoms with Gasteiger partial charge in [-0.2, -0.15) is 0 Å². The van der Waals surface area contributed by atoms with Gasteiger partial charge in [0.2, 0.25) is 0 Å². The van der Waals surface area contributed by atoms with Crippen LogP contribution in [0.1, 0.15) is 31.4 Å². The zero-order valence-electron chi connectivity index (χ0n) is 11.6. The van der Waals surface area contributed by atoms with Crippen LogP contribution in [0.4, 0.5) is 5.69 Å². The second-order valence-corrected chi connectivity index (χ2v) is 6.15. The van der Waals surface area contributed by atoms with Gasteiger partial charge in [-0.15, -0.1) is 0 Å². The minimum atomic E-state index is -0.439. The minimum Gasteiger partial charge on any atom is -0.389 e. The fraction of sp³-hybridized carbons (Fsp3) is 0.600. The maximum atomic E-state index is 9.66. The highest BCUT2D eigenvalue weighted by molar-refractivity contribution is 9.10. The molecule has 19 heavy (non-hydrogen) atoms. The average molecular weight is 328 g/mol. The quantitative estimate of drug-likeness (QED) is 0.920. The summed E-state index contributed by atoms with van der Waals surface area (Å²) < 4.78 is 6.25. The first-order valence-electron chi connectivity index (χ1n) is 6.83. The molecule has 3 nitrogen and oxygen atoms in total. The summed E-state index contributed by atoms with van der Waals surface area (Å²) in [6.45, 7) is 4.77. The number of rotatable bonds is 4. The van der Waals surface area contributed by atoms with Crippen LogP contribution in [0, 0.1) is 5.92 Å². The SMILES string of the molecule is COCC1CCCN(c2ccc(C(C)O)c(Br)c2)C1. The molecule has 1 aliphatic rings. The lowest BCUT2D eigenvalue weighted by atomic mass is 9.98. The Kier molecular flexibility index (Phi) is 5.25. The highest BCUT2D eigenvalue weighted by Crippen LogP contribution is 2.30. The molecule has 1 aromatic carbocycles. The predicted molar refractivity (Wildman–Crippen MR) is 81.6 cm³/mol. The van der Waals surface area contributed by atoms with Crippen molar-refractivity contribution in [3.8, 4) is 0 Å². The number of ether oxygens (including phenoxy) is 1. The molecule has 4 heteroatoms. The summed E-state index contributed by atoms with van der Waals surface area (Å²) >= 11 is 3.55. The molecule has 2 rings (SSSR count). The normalized spacial score (nSPS) is 21.5. The van der Waals surface area contributed by atoms with Gasteiger partial charge in [-0.05, 0) is 43.4 Å². The molecule has 0 aliphatic carbocycles. The van der Waals surface area contributed by atoms with Gasteiger partial charge in [0.05, 0.1) is 12.7 Å². The minimum absolute atomic E-state index is 0.439. The van der Waals surface area contributed by atoms with Crippen LogP contribution in [-0.2, 0) is 4.74 Å². The first-order valence-corrected chi connectivity index (χ1v) is 7.62. The van der Waals surface area contributed by atoms with Crippen molar-refractivity contribution in [2.45, 2.75) is 25.9 Å². The monoisotopic (exact) mass is 327 g/mol. The number of hydrogen-bond donors (Lipinski definition) is 1. The Morgan fingerprint density at radius 2 is 2.32 bits per heavy atom. The smallest absolute Gasteiger partial charge is 0.0772 e. The lowest BCUT2D eigenvalue weighted by Gasteiger charge is -2.34. The molecular formula is C15H22BrNO2. The Bertz CT molecular complexity index is 421. The van der Waals surface area contributed by atoms with Gasteiger partial charge in [0.1, 0.15) is 0 Å². The highest BCUT2D eigenvalue weighted by atomic mass is 79.9. The Balaban J connectivity index is 2.11. The zero-order valence-corrected chi connectivity index (χ0v) is 13.2. The van der Waals surface area contributed by atoms with Crippen molar-refractivity contribution in [1.82, 2.24) is 0 Å². The fourth-order valence-electron chi connectivity index (χ4n) is 2.72. The Labute approximate surface area is 123 Å². The van der Waals surface area contributed by atoms with E-state index >= 15 is 0 Å². The van der Waals surface area contributed by atoms with Crippen molar-refractivity contribution in [1.29, 1.82) is 0 Å². The number of aliphatic hydroxyl groups excluding tert-OH is 1. The Hall–Kier alpha value is -0.580. The van der Waals surface area contributed by atoms with E-state index in [-0.39, 0.29) is 0 Å². The number of nitrogens with zero attached hydrogens (tertiary/aromatic N) is 1. The molecule has 0 spiro atoms. The standard InChI is InChI=1S/C15H22BrNO2/c1-11(18)14-6-5-13(8-15(14)16)17-7-3-4-12(9-17)10-19-2/h5-6,8,11-12,18H,3-4,7,9-10H2,1-2H3. The summed E-state index contributed by atoms with van der Waals surface area (Å²) in [4.78, 5) is 2.41. The Morgan fingerprint density at radius 3 is 2.95 bits per heavy atom. The number of methoxy groups -OCH3 is 1. The first kappa shape index (κ1) is 14.8. The maximum absolute atomic E-state index is 9.66. The summed E-state index contributed by atoms with van der Waals surface area (Å²) in [6, 6.07) is 6.21. The predicted octanol–water partition coefficient (Wildman–Crippen LogP) is 3.37. The van der Waals surface area contributed by atoms with Crippen LogP contribution in [0.5, 0.6) is 0 Å². The third-order valence-corrected chi connectivity index (χ3v) is 4.41. The second-order valence-electron chi connectivity index (χ2n) is 5.29. The van der Waals surface area contributed by atoms with E-state index in [4.69, 9.17) is 4.74 Å². The van der Waals surface area contributed by atoms with Crippen LogP contribution >= 0.6 is 15.9 Å². The summed E-state index contributed by atoms with van der Waals surface area (Å²) in [5.41, 5.74) is 2.16. The van der Waals surface area contributed by atoms with Gasteiger partial charge in [-0.25, -0.2) is 0 Å². The second kappa shape index (κ2) is 6.73. The molecule has 1 aliphatic heterocycles. The number of anilines is 1. The molecule has 1 fully saturated rings. The molecule has 0 saturated carbocycles. The molecule has 0 amide bonds. The largest absolute Gasteiger partial charge is 0.389 e. The van der Waals surface area contributed by atoms with E-state index in [0.717, 1.165) is 29.7 Å². The van der Waals surface area contributed by atoms with Crippen molar-refractivity contribution in [3.63, 3.8) is 0 Å². The van der Waals surface area contributed by atoms with Crippen LogP contribution in [0.15, 0.2) is 22.7 Å². The van der Waals surface area contributed by atoms with E-state index in [2.05, 4.69) is 33.0 Å². The van der Waals surface area contributed by atoms with Crippen LogP contribution in [-0.4, -0.2) is 31.9 Å². The van der Waals surface area contributed by atoms with E-state index in [9.17, 15) is 5.11 Å². The molecule has 0 bridgehead atoms. The van der Waals surface area contributed by atoms with Gasteiger partial charge in [0.15, 0.2) is 0 Å². The number of halogens is 1. The van der Waals surface area contributed by atoms with Crippen molar-refractivity contribution in [3.05, 3.63) is 28.2 Å². The van der Waals surface area contributed by atoms with E-state index in [1.54, 1.807) is 14.0 Å². The van der Waals surface area contributed by atoms with E-state index in [0.29, 0.717) is 5.92 Å². The van der Waals surface area contributed by atoms with Crippen LogP contribution < -0.4 is 4.90 Å². The summed E-state index contributed by atoms with van der Waals surface area (Å²) in [5.74, 6) is 0.619. The van der Waals surface area contributed by atoms with Gasteiger partial charge in [0, 0.05) is 30.4 Å². The molecule has 0 radical (unpaired) electrons. The maximum Gasteiger partial charge on any atom is 0.0772 e. The van der Waals surface area contributed by atoms with E-state index < -0.39 is 6.10 Å². The zero-order chi connectivity index (χ0) is 13.8. The van der Waals surface area contributed by atoms with Gasteiger partial charge >= 0.3 is 0 Å². The average Bonchev–Trinajstić information content (AvgIpc) is 2.39. The molecule has 0 aromatic heterocycles. The molecule has 1 heterocycles. The topological polar surface area (TPSA) is 32.7 Å². The fourth-order valence-corrected chi connectivity index (χ4v) is 3.42. The molecule has 1 saturated heterocycles. The molecular weight excluding hydrogens is 306 g/mol. The lowest BCUT2D eigenvalue weighted by molar-refractivity contribution is 0.143.